The first-order valence-electron chi connectivity index (χ1n) is 9.55. The van der Waals surface area contributed by atoms with Crippen LogP contribution in [-0.4, -0.2) is 34.8 Å². The van der Waals surface area contributed by atoms with Crippen LogP contribution >= 0.6 is 0 Å². The first-order valence-corrected chi connectivity index (χ1v) is 9.55. The van der Waals surface area contributed by atoms with Crippen molar-refractivity contribution >= 4 is 29.1 Å². The largest absolute Gasteiger partial charge is 0.322 e. The summed E-state index contributed by atoms with van der Waals surface area (Å²) in [4.78, 5) is 42.9. The Balaban J connectivity index is 1.86. The minimum atomic E-state index is -1.34. The van der Waals surface area contributed by atoms with Crippen LogP contribution in [0.5, 0.6) is 0 Å². The molecule has 144 valence electrons. The quantitative estimate of drug-likeness (QED) is 0.889. The van der Waals surface area contributed by atoms with Crippen molar-refractivity contribution in [2.45, 2.75) is 32.4 Å². The predicted octanol–water partition coefficient (Wildman–Crippen LogP) is 3.26. The molecule has 2 aliphatic heterocycles. The molecule has 0 saturated carbocycles. The van der Waals surface area contributed by atoms with Gasteiger partial charge in [0.1, 0.15) is 0 Å². The van der Waals surface area contributed by atoms with Crippen molar-refractivity contribution in [1.82, 2.24) is 4.90 Å². The summed E-state index contributed by atoms with van der Waals surface area (Å²) in [5.74, 6) is -0.559. The number of nitrogens with zero attached hydrogens (tertiary/aromatic N) is 2. The fourth-order valence-corrected chi connectivity index (χ4v) is 4.15. The second-order valence-electron chi connectivity index (χ2n) is 7.69. The van der Waals surface area contributed by atoms with Gasteiger partial charge >= 0.3 is 0 Å². The molecule has 4 rings (SSSR count). The Morgan fingerprint density at radius 1 is 1.07 bits per heavy atom. The lowest BCUT2D eigenvalue weighted by atomic mass is 9.94. The van der Waals surface area contributed by atoms with Crippen molar-refractivity contribution in [2.24, 2.45) is 5.92 Å². The van der Waals surface area contributed by atoms with Gasteiger partial charge in [0.2, 0.25) is 11.6 Å². The highest BCUT2D eigenvalue weighted by Crippen LogP contribution is 2.45. The third-order valence-electron chi connectivity index (χ3n) is 5.32. The number of carbonyl (C=O) groups excluding carboxylic acids is 3. The zero-order valence-corrected chi connectivity index (χ0v) is 16.0. The van der Waals surface area contributed by atoms with Gasteiger partial charge in [-0.3, -0.25) is 19.3 Å². The molecule has 2 aromatic carbocycles. The standard InChI is InChI=1S/C22H23N3O3/c1-15(2)14-24-20(27)17-10-6-7-11-18(17)25-19(26)12-13-22(24,25)21(28)23-16-8-4-3-5-9-16/h3-11,15H,12-14H2,1-2H3,(H,23,28)/t22-/m0/s1. The fraction of sp³-hybridized carbons (Fsp3) is 0.318. The molecule has 1 N–H and O–H groups in total. The summed E-state index contributed by atoms with van der Waals surface area (Å²) in [5, 5.41) is 2.92. The van der Waals surface area contributed by atoms with Crippen molar-refractivity contribution in [3.8, 4) is 0 Å². The second-order valence-corrected chi connectivity index (χ2v) is 7.69. The normalized spacial score (nSPS) is 21.0. The summed E-state index contributed by atoms with van der Waals surface area (Å²) in [7, 11) is 0. The van der Waals surface area contributed by atoms with E-state index in [1.807, 2.05) is 32.0 Å². The molecule has 2 heterocycles. The Labute approximate surface area is 164 Å². The maximum atomic E-state index is 13.6. The molecule has 1 fully saturated rings. The minimum absolute atomic E-state index is 0.142. The number of anilines is 2. The highest BCUT2D eigenvalue weighted by molar-refractivity contribution is 6.18. The summed E-state index contributed by atoms with van der Waals surface area (Å²) in [6.07, 6.45) is 0.496. The Hall–Kier alpha value is -3.15. The van der Waals surface area contributed by atoms with Crippen LogP contribution in [0, 0.1) is 5.92 Å². The van der Waals surface area contributed by atoms with Crippen molar-refractivity contribution in [3.05, 3.63) is 60.2 Å². The SMILES string of the molecule is CC(C)CN1C(=O)c2ccccc2N2C(=O)CC[C@]12C(=O)Nc1ccccc1. The number of rotatable bonds is 4. The third kappa shape index (κ3) is 2.68. The van der Waals surface area contributed by atoms with Crippen molar-refractivity contribution in [3.63, 3.8) is 0 Å². The van der Waals surface area contributed by atoms with Crippen LogP contribution in [0.25, 0.3) is 0 Å². The maximum Gasteiger partial charge on any atom is 0.271 e. The molecule has 0 aliphatic carbocycles. The van der Waals surface area contributed by atoms with Crippen LogP contribution in [-0.2, 0) is 9.59 Å². The fourth-order valence-electron chi connectivity index (χ4n) is 4.15. The summed E-state index contributed by atoms with van der Waals surface area (Å²) in [6, 6.07) is 16.1. The third-order valence-corrected chi connectivity index (χ3v) is 5.32. The van der Waals surface area contributed by atoms with Crippen LogP contribution in [0.15, 0.2) is 54.6 Å². The number of amides is 3. The molecular weight excluding hydrogens is 354 g/mol. The lowest BCUT2D eigenvalue weighted by Crippen LogP contribution is -2.69. The Morgan fingerprint density at radius 3 is 2.46 bits per heavy atom. The molecule has 3 amide bonds. The molecule has 2 aromatic rings. The zero-order valence-electron chi connectivity index (χ0n) is 16.0. The Kier molecular flexibility index (Phi) is 4.41. The van der Waals surface area contributed by atoms with E-state index < -0.39 is 5.66 Å². The minimum Gasteiger partial charge on any atom is -0.322 e. The maximum absolute atomic E-state index is 13.6. The summed E-state index contributed by atoms with van der Waals surface area (Å²) in [5.41, 5.74) is 0.263. The molecule has 0 bridgehead atoms. The van der Waals surface area contributed by atoms with E-state index in [-0.39, 0.29) is 36.5 Å². The number of nitrogens with one attached hydrogen (secondary N) is 1. The Morgan fingerprint density at radius 2 is 1.75 bits per heavy atom. The van der Waals surface area contributed by atoms with E-state index in [0.29, 0.717) is 23.5 Å². The van der Waals surface area contributed by atoms with Crippen LogP contribution in [0.2, 0.25) is 0 Å². The predicted molar refractivity (Wildman–Crippen MR) is 107 cm³/mol. The smallest absolute Gasteiger partial charge is 0.271 e. The lowest BCUT2D eigenvalue weighted by molar-refractivity contribution is -0.129. The monoisotopic (exact) mass is 377 g/mol. The van der Waals surface area contributed by atoms with Gasteiger partial charge in [-0.25, -0.2) is 0 Å². The Bertz CT molecular complexity index is 941. The van der Waals surface area contributed by atoms with Gasteiger partial charge in [0.25, 0.3) is 11.8 Å². The van der Waals surface area contributed by atoms with Crippen LogP contribution in [0.3, 0.4) is 0 Å². The number of fused-ring (bicyclic) bond motifs is 3. The van der Waals surface area contributed by atoms with Gasteiger partial charge < -0.3 is 10.2 Å². The van der Waals surface area contributed by atoms with E-state index in [0.717, 1.165) is 0 Å². The number of benzene rings is 2. The van der Waals surface area contributed by atoms with Gasteiger partial charge in [-0.05, 0) is 30.2 Å². The molecule has 0 aromatic heterocycles. The van der Waals surface area contributed by atoms with Crippen molar-refractivity contribution < 1.29 is 14.4 Å². The highest BCUT2D eigenvalue weighted by atomic mass is 16.2. The second kappa shape index (κ2) is 6.78. The molecular formula is C22H23N3O3. The van der Waals surface area contributed by atoms with E-state index in [2.05, 4.69) is 5.32 Å². The molecule has 1 atom stereocenters. The van der Waals surface area contributed by atoms with E-state index >= 15 is 0 Å². The molecule has 0 spiro atoms. The average Bonchev–Trinajstić information content (AvgIpc) is 3.04. The molecule has 0 unspecified atom stereocenters. The zero-order chi connectivity index (χ0) is 19.9. The van der Waals surface area contributed by atoms with Gasteiger partial charge in [0, 0.05) is 25.1 Å². The summed E-state index contributed by atoms with van der Waals surface area (Å²) < 4.78 is 0. The number of para-hydroxylation sites is 2. The van der Waals surface area contributed by atoms with Gasteiger partial charge in [0.05, 0.1) is 11.3 Å². The first-order chi connectivity index (χ1) is 13.4. The summed E-state index contributed by atoms with van der Waals surface area (Å²) >= 11 is 0. The van der Waals surface area contributed by atoms with E-state index in [1.54, 1.807) is 41.3 Å². The molecule has 2 aliphatic rings. The molecule has 28 heavy (non-hydrogen) atoms. The van der Waals surface area contributed by atoms with Gasteiger partial charge in [-0.1, -0.05) is 44.2 Å². The number of carbonyl (C=O) groups is 3. The van der Waals surface area contributed by atoms with Gasteiger partial charge in [-0.2, -0.15) is 0 Å². The molecule has 6 heteroatoms. The summed E-state index contributed by atoms with van der Waals surface area (Å²) in [6.45, 7) is 4.38. The van der Waals surface area contributed by atoms with E-state index in [9.17, 15) is 14.4 Å². The van der Waals surface area contributed by atoms with Crippen molar-refractivity contribution in [1.29, 1.82) is 0 Å². The van der Waals surface area contributed by atoms with Crippen molar-refractivity contribution in [2.75, 3.05) is 16.8 Å². The average molecular weight is 377 g/mol. The molecule has 0 radical (unpaired) electrons. The lowest BCUT2D eigenvalue weighted by Gasteiger charge is -2.49. The first kappa shape index (κ1) is 18.2. The number of hydrogen-bond donors (Lipinski definition) is 1. The number of hydrogen-bond acceptors (Lipinski definition) is 3. The molecule has 1 saturated heterocycles. The molecule has 6 nitrogen and oxygen atoms in total. The highest BCUT2D eigenvalue weighted by Gasteiger charge is 2.60. The van der Waals surface area contributed by atoms with Gasteiger partial charge in [-0.15, -0.1) is 0 Å². The van der Waals surface area contributed by atoms with Crippen LogP contribution in [0.4, 0.5) is 11.4 Å². The van der Waals surface area contributed by atoms with Crippen LogP contribution in [0.1, 0.15) is 37.0 Å². The van der Waals surface area contributed by atoms with Gasteiger partial charge in [0.15, 0.2) is 0 Å². The van der Waals surface area contributed by atoms with E-state index in [1.165, 1.54) is 4.90 Å². The van der Waals surface area contributed by atoms with E-state index in [4.69, 9.17) is 0 Å². The van der Waals surface area contributed by atoms with Crippen LogP contribution < -0.4 is 10.2 Å². The topological polar surface area (TPSA) is 69.7 Å².